The van der Waals surface area contributed by atoms with Gasteiger partial charge in [0.25, 0.3) is 0 Å². The van der Waals surface area contributed by atoms with Crippen molar-refractivity contribution >= 4 is 40.9 Å². The number of imidazole rings is 1. The Labute approximate surface area is 209 Å². The zero-order valence-electron chi connectivity index (χ0n) is 19.7. The number of H-pyrrole nitrogens is 1. The van der Waals surface area contributed by atoms with Crippen LogP contribution in [-0.4, -0.2) is 35.0 Å². The Kier molecular flexibility index (Phi) is 8.07. The summed E-state index contributed by atoms with van der Waals surface area (Å²) in [5.41, 5.74) is 1.94. The van der Waals surface area contributed by atoms with Gasteiger partial charge in [0, 0.05) is 23.6 Å². The quantitative estimate of drug-likeness (QED) is 0.425. The van der Waals surface area contributed by atoms with Crippen LogP contribution in [0.15, 0.2) is 30.4 Å². The summed E-state index contributed by atoms with van der Waals surface area (Å²) >= 11 is 6.56. The van der Waals surface area contributed by atoms with Gasteiger partial charge in [-0.15, -0.1) is 0 Å². The third-order valence-corrected chi connectivity index (χ3v) is 6.63. The first-order chi connectivity index (χ1) is 16.9. The second-order valence-corrected chi connectivity index (χ2v) is 9.23. The molecule has 0 spiro atoms. The number of hydrogen-bond donors (Lipinski definition) is 4. The molecule has 35 heavy (non-hydrogen) atoms. The third-order valence-electron chi connectivity index (χ3n) is 6.36. The van der Waals surface area contributed by atoms with Gasteiger partial charge in [-0.25, -0.2) is 9.78 Å². The van der Waals surface area contributed by atoms with Crippen LogP contribution in [0.25, 0.3) is 11.3 Å². The normalized spacial score (nSPS) is 19.7. The first-order valence-electron chi connectivity index (χ1n) is 11.9. The summed E-state index contributed by atoms with van der Waals surface area (Å²) in [6.07, 6.45) is 9.75. The lowest BCUT2D eigenvalue weighted by atomic mass is 9.88. The van der Waals surface area contributed by atoms with E-state index in [9.17, 15) is 14.4 Å². The molecule has 4 rings (SSSR count). The Morgan fingerprint density at radius 2 is 1.97 bits per heavy atom. The topological polar surface area (TPSA) is 125 Å². The number of halogens is 1. The zero-order valence-corrected chi connectivity index (χ0v) is 20.4. The molecule has 1 atom stereocenters. The molecule has 0 radical (unpaired) electrons. The summed E-state index contributed by atoms with van der Waals surface area (Å²) < 4.78 is 4.66. The fourth-order valence-corrected chi connectivity index (χ4v) is 4.72. The van der Waals surface area contributed by atoms with Crippen LogP contribution in [0.3, 0.4) is 0 Å². The maximum atomic E-state index is 13.0. The number of benzene rings is 1. The van der Waals surface area contributed by atoms with Crippen LogP contribution in [-0.2, 0) is 14.3 Å². The number of amides is 3. The lowest BCUT2D eigenvalue weighted by molar-refractivity contribution is -0.126. The van der Waals surface area contributed by atoms with E-state index in [2.05, 4.69) is 25.7 Å². The van der Waals surface area contributed by atoms with Crippen molar-refractivity contribution in [1.82, 2.24) is 15.3 Å². The van der Waals surface area contributed by atoms with Crippen molar-refractivity contribution in [2.45, 2.75) is 57.4 Å². The smallest absolute Gasteiger partial charge is 0.411 e. The number of aromatic nitrogens is 2. The highest BCUT2D eigenvalue weighted by atomic mass is 35.5. The third kappa shape index (κ3) is 6.22. The summed E-state index contributed by atoms with van der Waals surface area (Å²) in [5.74, 6) is 0.425. The number of ether oxygens (including phenoxy) is 1. The molecule has 1 saturated carbocycles. The average Bonchev–Trinajstić information content (AvgIpc) is 3.24. The van der Waals surface area contributed by atoms with E-state index in [0.29, 0.717) is 46.5 Å². The molecule has 1 aromatic carbocycles. The number of carbonyl (C=O) groups is 3. The molecule has 1 fully saturated rings. The molecule has 1 aliphatic carbocycles. The lowest BCUT2D eigenvalue weighted by Gasteiger charge is -2.23. The summed E-state index contributed by atoms with van der Waals surface area (Å²) in [6, 6.07) is 4.65. The minimum atomic E-state index is -0.623. The Hall–Kier alpha value is -3.33. The maximum Gasteiger partial charge on any atom is 0.411 e. The Balaban J connectivity index is 1.68. The minimum Gasteiger partial charge on any atom is -0.453 e. The van der Waals surface area contributed by atoms with Crippen LogP contribution in [0.2, 0.25) is 5.15 Å². The van der Waals surface area contributed by atoms with Crippen molar-refractivity contribution in [3.8, 4) is 11.3 Å². The van der Waals surface area contributed by atoms with Gasteiger partial charge in [0.1, 0.15) is 16.7 Å². The van der Waals surface area contributed by atoms with Gasteiger partial charge in [0.2, 0.25) is 11.8 Å². The number of hydrogen-bond acceptors (Lipinski definition) is 5. The molecule has 3 amide bonds. The summed E-state index contributed by atoms with van der Waals surface area (Å²) in [5, 5.41) is 8.95. The summed E-state index contributed by atoms with van der Waals surface area (Å²) in [4.78, 5) is 45.1. The molecule has 186 valence electrons. The first kappa shape index (κ1) is 24.8. The van der Waals surface area contributed by atoms with E-state index in [4.69, 9.17) is 16.6 Å². The number of nitrogens with one attached hydrogen (secondary N) is 4. The molecule has 1 aromatic heterocycles. The fourth-order valence-electron chi connectivity index (χ4n) is 4.48. The maximum absolute atomic E-state index is 13.0. The number of aromatic amines is 1. The number of methoxy groups -OCH3 is 1. The van der Waals surface area contributed by atoms with Crippen molar-refractivity contribution < 1.29 is 19.1 Å². The van der Waals surface area contributed by atoms with Crippen molar-refractivity contribution in [2.24, 2.45) is 5.92 Å². The molecule has 0 saturated heterocycles. The second kappa shape index (κ2) is 11.4. The molecule has 0 unspecified atom stereocenters. The fraction of sp³-hybridized carbons (Fsp3) is 0.440. The van der Waals surface area contributed by atoms with Gasteiger partial charge in [-0.2, -0.15) is 0 Å². The molecule has 2 aliphatic rings. The highest BCUT2D eigenvalue weighted by Crippen LogP contribution is 2.36. The number of nitrogens with zero attached hydrogens (tertiary/aromatic N) is 1. The number of allylic oxidation sites excluding steroid dienone is 1. The average molecular weight is 500 g/mol. The number of carbonyl (C=O) groups excluding carboxylic acids is 3. The molecule has 2 bridgehead atoms. The standard InChI is InChI=1S/C25H30ClN5O4/c1-35-25(34)27-16-12-13-17-19(14-16)28-20(32)11-7-3-6-10-18(23-30-21(17)22(26)31-23)29-24(33)15-8-4-2-5-9-15/h3,6,12-15,18H,2,4-5,7-11H2,1H3,(H,27,34)(H,28,32)(H,29,33)(H,30,31)/b6-3+/t18-/m0/s1. The molecule has 10 heteroatoms. The van der Waals surface area contributed by atoms with Gasteiger partial charge in [-0.3, -0.25) is 14.9 Å². The van der Waals surface area contributed by atoms with Crippen LogP contribution >= 0.6 is 11.6 Å². The van der Waals surface area contributed by atoms with Crippen LogP contribution in [0, 0.1) is 5.92 Å². The van der Waals surface area contributed by atoms with E-state index in [-0.39, 0.29) is 30.2 Å². The predicted molar refractivity (Wildman–Crippen MR) is 134 cm³/mol. The van der Waals surface area contributed by atoms with Crippen molar-refractivity contribution in [2.75, 3.05) is 17.7 Å². The molecule has 2 aromatic rings. The molecular formula is C25H30ClN5O4. The lowest BCUT2D eigenvalue weighted by Crippen LogP contribution is -2.35. The van der Waals surface area contributed by atoms with Crippen LogP contribution in [0.1, 0.15) is 63.2 Å². The highest BCUT2D eigenvalue weighted by Gasteiger charge is 2.26. The monoisotopic (exact) mass is 499 g/mol. The number of fused-ring (bicyclic) bond motifs is 4. The molecule has 1 aliphatic heterocycles. The second-order valence-electron chi connectivity index (χ2n) is 8.85. The Morgan fingerprint density at radius 1 is 1.17 bits per heavy atom. The van der Waals surface area contributed by atoms with Crippen LogP contribution < -0.4 is 16.0 Å². The molecule has 4 N–H and O–H groups in total. The molecule has 9 nitrogen and oxygen atoms in total. The Morgan fingerprint density at radius 3 is 2.74 bits per heavy atom. The van der Waals surface area contributed by atoms with Crippen molar-refractivity contribution in [3.05, 3.63) is 41.3 Å². The Bertz CT molecular complexity index is 1120. The highest BCUT2D eigenvalue weighted by molar-refractivity contribution is 6.32. The number of anilines is 2. The SMILES string of the molecule is COC(=O)Nc1ccc2c(c1)NC(=O)CC/C=C/C[C@H](NC(=O)C1CCCCC1)c1nc-2c(Cl)[nH]1. The van der Waals surface area contributed by atoms with Crippen LogP contribution in [0.5, 0.6) is 0 Å². The largest absolute Gasteiger partial charge is 0.453 e. The molecule has 2 heterocycles. The van der Waals surface area contributed by atoms with Gasteiger partial charge in [0.15, 0.2) is 0 Å². The summed E-state index contributed by atoms with van der Waals surface area (Å²) in [6.45, 7) is 0. The molecular weight excluding hydrogens is 470 g/mol. The predicted octanol–water partition coefficient (Wildman–Crippen LogP) is 5.32. The number of rotatable bonds is 3. The van der Waals surface area contributed by atoms with E-state index in [1.807, 2.05) is 12.2 Å². The zero-order chi connectivity index (χ0) is 24.8. The van der Waals surface area contributed by atoms with Gasteiger partial charge < -0.3 is 20.4 Å². The van der Waals surface area contributed by atoms with Gasteiger partial charge in [-0.05, 0) is 43.9 Å². The van der Waals surface area contributed by atoms with Crippen molar-refractivity contribution in [3.63, 3.8) is 0 Å². The minimum absolute atomic E-state index is 0.0190. The van der Waals surface area contributed by atoms with Crippen molar-refractivity contribution in [1.29, 1.82) is 0 Å². The first-order valence-corrected chi connectivity index (χ1v) is 12.3. The van der Waals surface area contributed by atoms with Crippen LogP contribution in [0.4, 0.5) is 16.2 Å². The van der Waals surface area contributed by atoms with E-state index in [0.717, 1.165) is 25.7 Å². The van der Waals surface area contributed by atoms with E-state index in [1.165, 1.54) is 13.5 Å². The summed E-state index contributed by atoms with van der Waals surface area (Å²) in [7, 11) is 1.27. The van der Waals surface area contributed by atoms with E-state index >= 15 is 0 Å². The van der Waals surface area contributed by atoms with E-state index in [1.54, 1.807) is 18.2 Å². The van der Waals surface area contributed by atoms with E-state index < -0.39 is 6.09 Å². The van der Waals surface area contributed by atoms with Gasteiger partial charge in [-0.1, -0.05) is 43.0 Å². The van der Waals surface area contributed by atoms with Gasteiger partial charge >= 0.3 is 6.09 Å². The van der Waals surface area contributed by atoms with Gasteiger partial charge in [0.05, 0.1) is 18.8 Å².